The fourth-order valence-electron chi connectivity index (χ4n) is 3.76. The molecule has 0 amide bonds. The van der Waals surface area contributed by atoms with Gasteiger partial charge in [0.05, 0.1) is 42.7 Å². The van der Waals surface area contributed by atoms with Gasteiger partial charge in [-0.15, -0.1) is 0 Å². The second-order valence-corrected chi connectivity index (χ2v) is 10.7. The van der Waals surface area contributed by atoms with E-state index >= 15 is 0 Å². The van der Waals surface area contributed by atoms with Gasteiger partial charge in [0, 0.05) is 0 Å². The number of ether oxygens (including phenoxy) is 2. The smallest absolute Gasteiger partial charge is 0.338 e. The minimum absolute atomic E-state index is 0.185. The van der Waals surface area contributed by atoms with Crippen LogP contribution in [0.3, 0.4) is 0 Å². The number of allylic oxidation sites excluding steroid dienone is 1. The van der Waals surface area contributed by atoms with Gasteiger partial charge in [0.2, 0.25) is 0 Å². The van der Waals surface area contributed by atoms with Crippen molar-refractivity contribution in [1.82, 2.24) is 4.57 Å². The Morgan fingerprint density at radius 1 is 1.24 bits per heavy atom. The van der Waals surface area contributed by atoms with Crippen LogP contribution in [0.15, 0.2) is 57.5 Å². The van der Waals surface area contributed by atoms with Crippen LogP contribution in [0.1, 0.15) is 31.0 Å². The highest BCUT2D eigenvalue weighted by Crippen LogP contribution is 2.31. The number of halogens is 3. The van der Waals surface area contributed by atoms with E-state index in [0.29, 0.717) is 20.6 Å². The molecule has 0 fully saturated rings. The van der Waals surface area contributed by atoms with E-state index in [4.69, 9.17) is 9.47 Å². The summed E-state index contributed by atoms with van der Waals surface area (Å²) in [5.74, 6) is -0.171. The SMILES string of the molecule is CCOC(=O)C1=C(C)N=c2s/c(=C\c3cc(I)c(OC)c(I)c3)c(=O)n2[C@H]1c1ccc(F)cc1. The molecule has 0 radical (unpaired) electrons. The Morgan fingerprint density at radius 3 is 2.47 bits per heavy atom. The van der Waals surface area contributed by atoms with Crippen molar-refractivity contribution in [3.8, 4) is 5.75 Å². The largest absolute Gasteiger partial charge is 0.495 e. The van der Waals surface area contributed by atoms with E-state index in [0.717, 1.165) is 18.5 Å². The molecule has 1 aliphatic rings. The van der Waals surface area contributed by atoms with Crippen LogP contribution in [-0.4, -0.2) is 24.3 Å². The second kappa shape index (κ2) is 10.3. The Bertz CT molecular complexity index is 1470. The first kappa shape index (κ1) is 25.0. The van der Waals surface area contributed by atoms with E-state index in [9.17, 15) is 14.0 Å². The molecule has 3 aromatic rings. The van der Waals surface area contributed by atoms with Gasteiger partial charge >= 0.3 is 5.97 Å². The van der Waals surface area contributed by atoms with Crippen molar-refractivity contribution < 1.29 is 18.7 Å². The minimum Gasteiger partial charge on any atom is -0.495 e. The number of hydrogen-bond donors (Lipinski definition) is 0. The molecule has 10 heteroatoms. The number of fused-ring (bicyclic) bond motifs is 1. The van der Waals surface area contributed by atoms with Crippen molar-refractivity contribution in [3.63, 3.8) is 0 Å². The van der Waals surface area contributed by atoms with Crippen LogP contribution in [0.5, 0.6) is 5.75 Å². The number of carbonyl (C=O) groups is 1. The molecule has 1 aliphatic heterocycles. The van der Waals surface area contributed by atoms with E-state index in [1.165, 1.54) is 28.0 Å². The van der Waals surface area contributed by atoms with Gasteiger partial charge in [-0.05, 0) is 100 Å². The van der Waals surface area contributed by atoms with E-state index in [-0.39, 0.29) is 17.7 Å². The van der Waals surface area contributed by atoms with E-state index < -0.39 is 17.8 Å². The van der Waals surface area contributed by atoms with Gasteiger partial charge in [0.25, 0.3) is 5.56 Å². The summed E-state index contributed by atoms with van der Waals surface area (Å²) in [5, 5.41) is 0. The molecule has 1 aromatic heterocycles. The molecular formula is C24H19FI2N2O4S. The summed E-state index contributed by atoms with van der Waals surface area (Å²) in [6, 6.07) is 8.87. The van der Waals surface area contributed by atoms with Crippen molar-refractivity contribution in [3.05, 3.63) is 91.4 Å². The summed E-state index contributed by atoms with van der Waals surface area (Å²) in [5.41, 5.74) is 1.89. The minimum atomic E-state index is -0.769. The third-order valence-electron chi connectivity index (χ3n) is 5.23. The molecule has 34 heavy (non-hydrogen) atoms. The number of hydrogen-bond acceptors (Lipinski definition) is 6. The number of carbonyl (C=O) groups excluding carboxylic acids is 1. The number of esters is 1. The van der Waals surface area contributed by atoms with Crippen LogP contribution in [0.2, 0.25) is 0 Å². The zero-order valence-electron chi connectivity index (χ0n) is 18.4. The molecule has 0 spiro atoms. The van der Waals surface area contributed by atoms with Crippen molar-refractivity contribution >= 4 is 68.6 Å². The first-order valence-corrected chi connectivity index (χ1v) is 13.2. The van der Waals surface area contributed by atoms with Gasteiger partial charge in [-0.25, -0.2) is 14.2 Å². The molecule has 6 nitrogen and oxygen atoms in total. The molecule has 0 N–H and O–H groups in total. The maximum atomic E-state index is 13.6. The third-order valence-corrected chi connectivity index (χ3v) is 7.81. The number of nitrogens with zero attached hydrogens (tertiary/aromatic N) is 2. The quantitative estimate of drug-likeness (QED) is 0.296. The van der Waals surface area contributed by atoms with Crippen LogP contribution >= 0.6 is 56.5 Å². The van der Waals surface area contributed by atoms with E-state index in [2.05, 4.69) is 50.2 Å². The number of methoxy groups -OCH3 is 1. The van der Waals surface area contributed by atoms with E-state index in [1.807, 2.05) is 12.1 Å². The Labute approximate surface area is 226 Å². The Kier molecular flexibility index (Phi) is 7.57. The standard InChI is InChI=1S/C24H19FI2N2O4S/c1-4-33-23(31)19-12(2)28-24-29(20(19)14-5-7-15(25)8-6-14)22(30)18(34-24)11-13-9-16(26)21(32-3)17(27)10-13/h5-11,20H,4H2,1-3H3/b18-11-/t20-/m0/s1. The van der Waals surface area contributed by atoms with Crippen LogP contribution in [0.25, 0.3) is 6.08 Å². The summed E-state index contributed by atoms with van der Waals surface area (Å²) in [6.07, 6.45) is 1.80. The highest BCUT2D eigenvalue weighted by Gasteiger charge is 2.33. The highest BCUT2D eigenvalue weighted by atomic mass is 127. The molecule has 1 atom stereocenters. The van der Waals surface area contributed by atoms with Crippen LogP contribution in [0, 0.1) is 13.0 Å². The normalized spacial score (nSPS) is 15.7. The van der Waals surface area contributed by atoms with Crippen molar-refractivity contribution in [2.24, 2.45) is 4.99 Å². The molecule has 2 heterocycles. The second-order valence-electron chi connectivity index (χ2n) is 7.37. The van der Waals surface area contributed by atoms with Gasteiger partial charge < -0.3 is 9.47 Å². The summed E-state index contributed by atoms with van der Waals surface area (Å²) in [6.45, 7) is 3.62. The summed E-state index contributed by atoms with van der Waals surface area (Å²) in [7, 11) is 1.62. The first-order valence-electron chi connectivity index (χ1n) is 10.2. The molecule has 0 aliphatic carbocycles. The molecular weight excluding hydrogens is 685 g/mol. The Balaban J connectivity index is 1.94. The molecule has 0 saturated carbocycles. The number of thiazole rings is 1. The van der Waals surface area contributed by atoms with Gasteiger partial charge in [-0.1, -0.05) is 23.5 Å². The van der Waals surface area contributed by atoms with Gasteiger partial charge in [0.1, 0.15) is 11.6 Å². The predicted molar refractivity (Wildman–Crippen MR) is 145 cm³/mol. The summed E-state index contributed by atoms with van der Waals surface area (Å²) in [4.78, 5) is 31.5. The lowest BCUT2D eigenvalue weighted by molar-refractivity contribution is -0.139. The molecule has 2 aromatic carbocycles. The zero-order chi connectivity index (χ0) is 24.6. The molecule has 0 saturated heterocycles. The van der Waals surface area contributed by atoms with Crippen LogP contribution < -0.4 is 19.6 Å². The van der Waals surface area contributed by atoms with E-state index in [1.54, 1.807) is 39.2 Å². The first-order chi connectivity index (χ1) is 16.2. The lowest BCUT2D eigenvalue weighted by atomic mass is 9.96. The van der Waals surface area contributed by atoms with Gasteiger partial charge in [-0.3, -0.25) is 9.36 Å². The van der Waals surface area contributed by atoms with Crippen LogP contribution in [-0.2, 0) is 9.53 Å². The fraction of sp³-hybridized carbons (Fsp3) is 0.208. The fourth-order valence-corrected chi connectivity index (χ4v) is 7.06. The van der Waals surface area contributed by atoms with Crippen molar-refractivity contribution in [2.75, 3.05) is 13.7 Å². The average Bonchev–Trinajstić information content (AvgIpc) is 3.08. The maximum absolute atomic E-state index is 13.6. The third kappa shape index (κ3) is 4.71. The summed E-state index contributed by atoms with van der Waals surface area (Å²) < 4.78 is 28.2. The van der Waals surface area contributed by atoms with Crippen molar-refractivity contribution in [2.45, 2.75) is 19.9 Å². The molecule has 4 rings (SSSR count). The lowest BCUT2D eigenvalue weighted by Gasteiger charge is -2.24. The topological polar surface area (TPSA) is 69.9 Å². The highest BCUT2D eigenvalue weighted by molar-refractivity contribution is 14.1. The van der Waals surface area contributed by atoms with Gasteiger partial charge in [0.15, 0.2) is 4.80 Å². The molecule has 0 bridgehead atoms. The van der Waals surface area contributed by atoms with Gasteiger partial charge in [-0.2, -0.15) is 0 Å². The zero-order valence-corrected chi connectivity index (χ0v) is 23.5. The van der Waals surface area contributed by atoms with Crippen molar-refractivity contribution in [1.29, 1.82) is 0 Å². The molecule has 0 unspecified atom stereocenters. The average molecular weight is 704 g/mol. The summed E-state index contributed by atoms with van der Waals surface area (Å²) >= 11 is 5.64. The number of benzene rings is 2. The predicted octanol–water partition coefficient (Wildman–Crippen LogP) is 4.16. The lowest BCUT2D eigenvalue weighted by Crippen LogP contribution is -2.39. The maximum Gasteiger partial charge on any atom is 0.338 e. The monoisotopic (exact) mass is 704 g/mol. The number of rotatable bonds is 5. The Morgan fingerprint density at radius 2 is 1.88 bits per heavy atom. The Hall–Kier alpha value is -2.06. The van der Waals surface area contributed by atoms with Crippen LogP contribution in [0.4, 0.5) is 4.39 Å². The number of aromatic nitrogens is 1. The molecule has 176 valence electrons.